The second-order valence-corrected chi connectivity index (χ2v) is 4.89. The molecule has 0 aromatic heterocycles. The molecule has 1 aliphatic carbocycles. The maximum atomic E-state index is 12.6. The molecule has 2 rings (SSSR count). The van der Waals surface area contributed by atoms with Crippen LogP contribution in [0.25, 0.3) is 0 Å². The quantitative estimate of drug-likeness (QED) is 0.378. The van der Waals surface area contributed by atoms with E-state index in [-0.39, 0.29) is 18.4 Å². The average molecular weight is 287 g/mol. The van der Waals surface area contributed by atoms with Crippen LogP contribution in [0.1, 0.15) is 24.0 Å². The number of nitrogens with two attached hydrogens (primary N) is 1. The van der Waals surface area contributed by atoms with E-state index in [1.807, 2.05) is 0 Å². The minimum atomic E-state index is -4.23. The van der Waals surface area contributed by atoms with E-state index in [0.717, 1.165) is 12.8 Å². The third kappa shape index (κ3) is 3.86. The van der Waals surface area contributed by atoms with Gasteiger partial charge < -0.3 is 10.9 Å². The highest BCUT2D eigenvalue weighted by atomic mass is 19.4. The zero-order valence-electron chi connectivity index (χ0n) is 10.8. The number of halogens is 3. The molecule has 0 radical (unpaired) electrons. The number of hydrogen-bond acceptors (Lipinski definition) is 3. The lowest BCUT2D eigenvalue weighted by Gasteiger charge is -2.24. The van der Waals surface area contributed by atoms with E-state index in [1.165, 1.54) is 4.90 Å². The van der Waals surface area contributed by atoms with Crippen LogP contribution in [0.2, 0.25) is 0 Å². The predicted octanol–water partition coefficient (Wildman–Crippen LogP) is 2.31. The summed E-state index contributed by atoms with van der Waals surface area (Å²) in [5, 5.41) is 11.6. The molecule has 110 valence electrons. The molecule has 0 unspecified atom stereocenters. The van der Waals surface area contributed by atoms with Gasteiger partial charge in [-0.3, -0.25) is 4.90 Å². The fourth-order valence-electron chi connectivity index (χ4n) is 2.16. The maximum absolute atomic E-state index is 12.6. The Labute approximate surface area is 114 Å². The summed E-state index contributed by atoms with van der Waals surface area (Å²) in [7, 11) is 0. The summed E-state index contributed by atoms with van der Waals surface area (Å²) in [6, 6.07) is 6.71. The second kappa shape index (κ2) is 5.70. The molecule has 4 nitrogen and oxygen atoms in total. The molecule has 0 bridgehead atoms. The van der Waals surface area contributed by atoms with Crippen molar-refractivity contribution in [3.8, 4) is 0 Å². The number of hydrogen-bond donors (Lipinski definition) is 2. The zero-order chi connectivity index (χ0) is 14.8. The van der Waals surface area contributed by atoms with Gasteiger partial charge in [-0.1, -0.05) is 29.4 Å². The fraction of sp³-hybridized carbons (Fsp3) is 0.462. The zero-order valence-corrected chi connectivity index (χ0v) is 10.8. The van der Waals surface area contributed by atoms with Crippen molar-refractivity contribution in [1.82, 2.24) is 4.90 Å². The van der Waals surface area contributed by atoms with Gasteiger partial charge in [-0.2, -0.15) is 13.2 Å². The van der Waals surface area contributed by atoms with Crippen molar-refractivity contribution in [2.24, 2.45) is 10.9 Å². The first kappa shape index (κ1) is 14.6. The Morgan fingerprint density at radius 1 is 1.35 bits per heavy atom. The molecule has 1 aromatic carbocycles. The standard InChI is InChI=1S/C13H16F3N3O/c14-13(15,16)8-19(10-5-6-10)7-9-3-1-2-4-11(9)12(17)18-20/h1-4,10,20H,5-8H2,(H2,17,18). The number of amidine groups is 1. The van der Waals surface area contributed by atoms with Gasteiger partial charge in [-0.25, -0.2) is 0 Å². The van der Waals surface area contributed by atoms with E-state index in [9.17, 15) is 13.2 Å². The first-order valence-corrected chi connectivity index (χ1v) is 6.27. The normalized spacial score (nSPS) is 16.7. The summed E-state index contributed by atoms with van der Waals surface area (Å²) in [6.07, 6.45) is -2.67. The third-order valence-electron chi connectivity index (χ3n) is 3.22. The summed E-state index contributed by atoms with van der Waals surface area (Å²) < 4.78 is 37.8. The molecule has 7 heteroatoms. The largest absolute Gasteiger partial charge is 0.409 e. The Balaban J connectivity index is 2.19. The lowest BCUT2D eigenvalue weighted by atomic mass is 10.1. The number of oxime groups is 1. The van der Waals surface area contributed by atoms with Gasteiger partial charge in [0.25, 0.3) is 0 Å². The van der Waals surface area contributed by atoms with E-state index in [1.54, 1.807) is 24.3 Å². The lowest BCUT2D eigenvalue weighted by Crippen LogP contribution is -2.36. The molecule has 0 heterocycles. The Hall–Kier alpha value is -1.76. The smallest absolute Gasteiger partial charge is 0.401 e. The number of benzene rings is 1. The van der Waals surface area contributed by atoms with Crippen molar-refractivity contribution in [2.45, 2.75) is 31.6 Å². The van der Waals surface area contributed by atoms with E-state index >= 15 is 0 Å². The second-order valence-electron chi connectivity index (χ2n) is 4.89. The Kier molecular flexibility index (Phi) is 4.17. The van der Waals surface area contributed by atoms with E-state index in [4.69, 9.17) is 10.9 Å². The molecule has 1 saturated carbocycles. The van der Waals surface area contributed by atoms with E-state index in [0.29, 0.717) is 11.1 Å². The van der Waals surface area contributed by atoms with Crippen LogP contribution in [0, 0.1) is 0 Å². The number of alkyl halides is 3. The summed E-state index contributed by atoms with van der Waals surface area (Å²) in [4.78, 5) is 1.39. The van der Waals surface area contributed by atoms with Crippen molar-refractivity contribution in [2.75, 3.05) is 6.54 Å². The molecule has 3 N–H and O–H groups in total. The summed E-state index contributed by atoms with van der Waals surface area (Å²) >= 11 is 0. The minimum Gasteiger partial charge on any atom is -0.409 e. The topological polar surface area (TPSA) is 61.9 Å². The van der Waals surface area contributed by atoms with Crippen molar-refractivity contribution in [1.29, 1.82) is 0 Å². The molecule has 1 aromatic rings. The summed E-state index contributed by atoms with van der Waals surface area (Å²) in [5.41, 5.74) is 6.63. The van der Waals surface area contributed by atoms with Crippen LogP contribution in [0.15, 0.2) is 29.4 Å². The van der Waals surface area contributed by atoms with Crippen LogP contribution in [0.4, 0.5) is 13.2 Å². The van der Waals surface area contributed by atoms with Gasteiger partial charge in [0, 0.05) is 18.2 Å². The van der Waals surface area contributed by atoms with Crippen LogP contribution >= 0.6 is 0 Å². The first-order chi connectivity index (χ1) is 9.40. The maximum Gasteiger partial charge on any atom is 0.401 e. The fourth-order valence-corrected chi connectivity index (χ4v) is 2.16. The van der Waals surface area contributed by atoms with Crippen LogP contribution in [-0.2, 0) is 6.54 Å². The average Bonchev–Trinajstić information content (AvgIpc) is 3.20. The number of rotatable bonds is 5. The minimum absolute atomic E-state index is 0.0306. The van der Waals surface area contributed by atoms with Crippen LogP contribution in [-0.4, -0.2) is 34.7 Å². The molecule has 0 saturated heterocycles. The Bertz CT molecular complexity index is 498. The summed E-state index contributed by atoms with van der Waals surface area (Å²) in [6.45, 7) is -0.807. The van der Waals surface area contributed by atoms with Crippen molar-refractivity contribution < 1.29 is 18.4 Å². The van der Waals surface area contributed by atoms with Gasteiger partial charge in [0.05, 0.1) is 6.54 Å². The van der Waals surface area contributed by atoms with Crippen LogP contribution < -0.4 is 5.73 Å². The van der Waals surface area contributed by atoms with Gasteiger partial charge in [0.1, 0.15) is 0 Å². The lowest BCUT2D eigenvalue weighted by molar-refractivity contribution is -0.148. The summed E-state index contributed by atoms with van der Waals surface area (Å²) in [5.74, 6) is -0.0941. The molecular weight excluding hydrogens is 271 g/mol. The Morgan fingerprint density at radius 2 is 2.00 bits per heavy atom. The van der Waals surface area contributed by atoms with E-state index < -0.39 is 12.7 Å². The van der Waals surface area contributed by atoms with Crippen LogP contribution in [0.5, 0.6) is 0 Å². The highest BCUT2D eigenvalue weighted by Gasteiger charge is 2.38. The monoisotopic (exact) mass is 287 g/mol. The van der Waals surface area contributed by atoms with Gasteiger partial charge in [-0.05, 0) is 18.4 Å². The first-order valence-electron chi connectivity index (χ1n) is 6.27. The SMILES string of the molecule is NC(=NO)c1ccccc1CN(CC(F)(F)F)C1CC1. The van der Waals surface area contributed by atoms with Gasteiger partial charge in [0.15, 0.2) is 5.84 Å². The van der Waals surface area contributed by atoms with Crippen molar-refractivity contribution >= 4 is 5.84 Å². The van der Waals surface area contributed by atoms with E-state index in [2.05, 4.69) is 5.16 Å². The molecule has 0 spiro atoms. The highest BCUT2D eigenvalue weighted by Crippen LogP contribution is 2.31. The molecule has 20 heavy (non-hydrogen) atoms. The van der Waals surface area contributed by atoms with Crippen molar-refractivity contribution in [3.63, 3.8) is 0 Å². The van der Waals surface area contributed by atoms with Gasteiger partial charge >= 0.3 is 6.18 Å². The molecule has 0 amide bonds. The third-order valence-corrected chi connectivity index (χ3v) is 3.22. The molecule has 0 aliphatic heterocycles. The van der Waals surface area contributed by atoms with Crippen molar-refractivity contribution in [3.05, 3.63) is 35.4 Å². The molecular formula is C13H16F3N3O. The van der Waals surface area contributed by atoms with Gasteiger partial charge in [0.2, 0.25) is 0 Å². The molecule has 1 aliphatic rings. The molecule has 1 fully saturated rings. The Morgan fingerprint density at radius 3 is 2.55 bits per heavy atom. The molecule has 0 atom stereocenters. The van der Waals surface area contributed by atoms with Crippen LogP contribution in [0.3, 0.4) is 0 Å². The highest BCUT2D eigenvalue weighted by molar-refractivity contribution is 5.98. The van der Waals surface area contributed by atoms with Gasteiger partial charge in [-0.15, -0.1) is 0 Å². The number of nitrogens with zero attached hydrogens (tertiary/aromatic N) is 2. The predicted molar refractivity (Wildman–Crippen MR) is 68.4 cm³/mol.